The van der Waals surface area contributed by atoms with E-state index in [0.29, 0.717) is 12.6 Å². The van der Waals surface area contributed by atoms with E-state index in [2.05, 4.69) is 10.0 Å². The molecule has 1 atom stereocenters. The van der Waals surface area contributed by atoms with Gasteiger partial charge in [-0.1, -0.05) is 41.9 Å². The number of halogens is 4. The first-order valence-corrected chi connectivity index (χ1v) is 11.1. The molecular formula is C20H23ClF3N3O3S. The first-order valence-electron chi connectivity index (χ1n) is 9.26. The molecule has 0 heterocycles. The summed E-state index contributed by atoms with van der Waals surface area (Å²) in [7, 11) is -0.491. The highest BCUT2D eigenvalue weighted by atomic mass is 35.5. The molecule has 0 fully saturated rings. The van der Waals surface area contributed by atoms with Gasteiger partial charge in [0.1, 0.15) is 0 Å². The Kier molecular flexibility index (Phi) is 8.47. The first kappa shape index (κ1) is 25.1. The second-order valence-electron chi connectivity index (χ2n) is 6.98. The SMILES string of the molecule is CN(C)C(CNC(=O)CCNS(=O)(=O)c1ccc(Cl)c(C(F)(F)F)c1)c1ccccc1. The van der Waals surface area contributed by atoms with Crippen LogP contribution in [0.15, 0.2) is 53.4 Å². The van der Waals surface area contributed by atoms with Crippen LogP contribution in [-0.2, 0) is 21.0 Å². The van der Waals surface area contributed by atoms with Crippen molar-refractivity contribution >= 4 is 27.5 Å². The summed E-state index contributed by atoms with van der Waals surface area (Å²) >= 11 is 5.51. The molecule has 0 radical (unpaired) electrons. The van der Waals surface area contributed by atoms with Crippen LogP contribution in [0.2, 0.25) is 5.02 Å². The number of nitrogens with zero attached hydrogens (tertiary/aromatic N) is 1. The van der Waals surface area contributed by atoms with E-state index in [1.165, 1.54) is 0 Å². The highest BCUT2D eigenvalue weighted by Crippen LogP contribution is 2.35. The zero-order valence-corrected chi connectivity index (χ0v) is 18.5. The fourth-order valence-electron chi connectivity index (χ4n) is 2.84. The molecule has 0 saturated heterocycles. The summed E-state index contributed by atoms with van der Waals surface area (Å²) in [5.41, 5.74) is -0.234. The maximum atomic E-state index is 12.9. The van der Waals surface area contributed by atoms with E-state index in [1.807, 2.05) is 49.3 Å². The normalized spacial score (nSPS) is 13.3. The van der Waals surface area contributed by atoms with E-state index in [0.717, 1.165) is 17.7 Å². The number of carbonyl (C=O) groups is 1. The van der Waals surface area contributed by atoms with Crippen molar-refractivity contribution in [2.75, 3.05) is 27.2 Å². The minimum atomic E-state index is -4.79. The summed E-state index contributed by atoms with van der Waals surface area (Å²) in [5, 5.41) is 2.15. The molecule has 1 unspecified atom stereocenters. The van der Waals surface area contributed by atoms with Crippen molar-refractivity contribution < 1.29 is 26.4 Å². The third kappa shape index (κ3) is 7.20. The molecule has 31 heavy (non-hydrogen) atoms. The summed E-state index contributed by atoms with van der Waals surface area (Å²) in [6, 6.07) is 11.8. The molecule has 2 rings (SSSR count). The minimum Gasteiger partial charge on any atom is -0.354 e. The van der Waals surface area contributed by atoms with Gasteiger partial charge in [0, 0.05) is 19.5 Å². The number of alkyl halides is 3. The van der Waals surface area contributed by atoms with Crippen molar-refractivity contribution in [3.63, 3.8) is 0 Å². The third-order valence-corrected chi connectivity index (χ3v) is 6.29. The topological polar surface area (TPSA) is 78.5 Å². The number of nitrogens with one attached hydrogen (secondary N) is 2. The zero-order valence-electron chi connectivity index (χ0n) is 16.9. The molecule has 0 spiro atoms. The number of carbonyl (C=O) groups excluding carboxylic acids is 1. The Balaban J connectivity index is 1.93. The predicted octanol–water partition coefficient (Wildman–Crippen LogP) is 3.45. The van der Waals surface area contributed by atoms with Gasteiger partial charge in [0.15, 0.2) is 0 Å². The fraction of sp³-hybridized carbons (Fsp3) is 0.350. The number of rotatable bonds is 9. The van der Waals surface area contributed by atoms with Crippen LogP contribution in [0.25, 0.3) is 0 Å². The highest BCUT2D eigenvalue weighted by Gasteiger charge is 2.34. The van der Waals surface area contributed by atoms with Crippen molar-refractivity contribution in [3.05, 3.63) is 64.7 Å². The van der Waals surface area contributed by atoms with Gasteiger partial charge in [0.05, 0.1) is 21.5 Å². The molecule has 2 N–H and O–H groups in total. The number of hydrogen-bond donors (Lipinski definition) is 2. The molecular weight excluding hydrogens is 455 g/mol. The summed E-state index contributed by atoms with van der Waals surface area (Å²) in [5.74, 6) is -0.391. The minimum absolute atomic E-state index is 0.0725. The maximum Gasteiger partial charge on any atom is 0.417 e. The lowest BCUT2D eigenvalue weighted by Gasteiger charge is -2.25. The maximum absolute atomic E-state index is 12.9. The second kappa shape index (κ2) is 10.4. The molecule has 0 aromatic heterocycles. The summed E-state index contributed by atoms with van der Waals surface area (Å²) in [6.07, 6.45) is -4.96. The molecule has 2 aromatic carbocycles. The monoisotopic (exact) mass is 477 g/mol. The van der Waals surface area contributed by atoms with Crippen molar-refractivity contribution in [2.24, 2.45) is 0 Å². The Morgan fingerprint density at radius 3 is 2.35 bits per heavy atom. The van der Waals surface area contributed by atoms with Crippen LogP contribution in [0.1, 0.15) is 23.6 Å². The molecule has 170 valence electrons. The molecule has 6 nitrogen and oxygen atoms in total. The largest absolute Gasteiger partial charge is 0.417 e. The van der Waals surface area contributed by atoms with Crippen LogP contribution < -0.4 is 10.0 Å². The summed E-state index contributed by atoms with van der Waals surface area (Å²) in [4.78, 5) is 13.5. The van der Waals surface area contributed by atoms with Crippen molar-refractivity contribution in [1.82, 2.24) is 14.9 Å². The average molecular weight is 478 g/mol. The molecule has 1 amide bonds. The number of sulfonamides is 1. The van der Waals surface area contributed by atoms with E-state index in [1.54, 1.807) is 0 Å². The van der Waals surface area contributed by atoms with Gasteiger partial charge in [0.2, 0.25) is 15.9 Å². The third-order valence-electron chi connectivity index (χ3n) is 4.50. The Morgan fingerprint density at radius 2 is 1.77 bits per heavy atom. The van der Waals surface area contributed by atoms with Gasteiger partial charge >= 0.3 is 6.18 Å². The van der Waals surface area contributed by atoms with Crippen LogP contribution >= 0.6 is 11.6 Å². The molecule has 2 aromatic rings. The summed E-state index contributed by atoms with van der Waals surface area (Å²) in [6.45, 7) is 0.0465. The number of amides is 1. The molecule has 0 saturated carbocycles. The van der Waals surface area contributed by atoms with Gasteiger partial charge in [-0.05, 0) is 37.9 Å². The lowest BCUT2D eigenvalue weighted by molar-refractivity contribution is -0.137. The molecule has 11 heteroatoms. The molecule has 0 aliphatic rings. The lowest BCUT2D eigenvalue weighted by atomic mass is 10.1. The Labute approximate surface area is 184 Å². The quantitative estimate of drug-likeness (QED) is 0.580. The van der Waals surface area contributed by atoms with Gasteiger partial charge in [-0.25, -0.2) is 13.1 Å². The van der Waals surface area contributed by atoms with Crippen LogP contribution in [0.5, 0.6) is 0 Å². The van der Waals surface area contributed by atoms with E-state index in [4.69, 9.17) is 11.6 Å². The molecule has 0 bridgehead atoms. The number of benzene rings is 2. The van der Waals surface area contributed by atoms with Crippen molar-refractivity contribution in [3.8, 4) is 0 Å². The van der Waals surface area contributed by atoms with Crippen molar-refractivity contribution in [2.45, 2.75) is 23.5 Å². The Hall–Kier alpha value is -2.14. The van der Waals surface area contributed by atoms with E-state index >= 15 is 0 Å². The van der Waals surface area contributed by atoms with E-state index < -0.39 is 37.6 Å². The van der Waals surface area contributed by atoms with Gasteiger partial charge in [-0.15, -0.1) is 0 Å². The molecule has 0 aliphatic heterocycles. The van der Waals surface area contributed by atoms with Gasteiger partial charge in [0.25, 0.3) is 0 Å². The number of hydrogen-bond acceptors (Lipinski definition) is 4. The van der Waals surface area contributed by atoms with E-state index in [9.17, 15) is 26.4 Å². The van der Waals surface area contributed by atoms with Gasteiger partial charge < -0.3 is 10.2 Å². The van der Waals surface area contributed by atoms with Crippen LogP contribution in [-0.4, -0.2) is 46.4 Å². The van der Waals surface area contributed by atoms with Crippen LogP contribution in [0, 0.1) is 0 Å². The zero-order chi connectivity index (χ0) is 23.2. The van der Waals surface area contributed by atoms with E-state index in [-0.39, 0.29) is 19.0 Å². The van der Waals surface area contributed by atoms with Crippen LogP contribution in [0.4, 0.5) is 13.2 Å². The van der Waals surface area contributed by atoms with Gasteiger partial charge in [-0.3, -0.25) is 4.79 Å². The van der Waals surface area contributed by atoms with Crippen molar-refractivity contribution in [1.29, 1.82) is 0 Å². The second-order valence-corrected chi connectivity index (χ2v) is 9.16. The lowest BCUT2D eigenvalue weighted by Crippen LogP contribution is -2.36. The first-order chi connectivity index (χ1) is 14.4. The number of likely N-dealkylation sites (N-methyl/N-ethyl adjacent to an activating group) is 1. The Bertz CT molecular complexity index is 1000. The summed E-state index contributed by atoms with van der Waals surface area (Å²) < 4.78 is 65.6. The van der Waals surface area contributed by atoms with Gasteiger partial charge in [-0.2, -0.15) is 13.2 Å². The standard InChI is InChI=1S/C20H23ClF3N3O3S/c1-27(2)18(14-6-4-3-5-7-14)13-25-19(28)10-11-26-31(29,30)15-8-9-17(21)16(12-15)20(22,23)24/h3-9,12,18,26H,10-11,13H2,1-2H3,(H,25,28). The predicted molar refractivity (Wildman–Crippen MR) is 112 cm³/mol. The highest BCUT2D eigenvalue weighted by molar-refractivity contribution is 7.89. The smallest absolute Gasteiger partial charge is 0.354 e. The molecule has 0 aliphatic carbocycles. The fourth-order valence-corrected chi connectivity index (χ4v) is 4.13. The Morgan fingerprint density at radius 1 is 1.13 bits per heavy atom. The average Bonchev–Trinajstić information content (AvgIpc) is 2.68. The van der Waals surface area contributed by atoms with Crippen LogP contribution in [0.3, 0.4) is 0 Å².